The molecule has 8 aromatic carbocycles. The number of benzene rings is 8. The van der Waals surface area contributed by atoms with E-state index in [2.05, 4.69) is 189 Å². The van der Waals surface area contributed by atoms with Crippen molar-refractivity contribution in [1.82, 2.24) is 14.5 Å². The van der Waals surface area contributed by atoms with E-state index in [-0.39, 0.29) is 43.3 Å². The molecule has 0 atom stereocenters. The number of pyridine rings is 1. The van der Waals surface area contributed by atoms with Gasteiger partial charge in [-0.2, -0.15) is 0 Å². The summed E-state index contributed by atoms with van der Waals surface area (Å²) in [6, 6.07) is 67.3. The molecule has 6 heteroatoms. The van der Waals surface area contributed by atoms with E-state index in [9.17, 15) is 4.39 Å². The fraction of sp³-hybridized carbons (Fsp3) is 0.115. The van der Waals surface area contributed by atoms with Crippen molar-refractivity contribution in [2.75, 3.05) is 0 Å². The number of aromatic nitrogens is 3. The van der Waals surface area contributed by atoms with Crippen LogP contribution in [0.4, 0.5) is 4.39 Å². The standard InChI is InChI=1S/C49H39N2O.C12H9FN.Ir/c1-31(2)42-28-38(36-24-22-35(23-25-36)33-14-7-5-8-15-33)29-43(32(3)4)47(42)51-45-21-12-11-20-44(45)50-49(51)41-19-13-18-40-39-27-26-37(30-46(39)52-48(40)41)34-16-9-6-10-17-34;1-9-2-7-12(14-8-9)10-3-5-11(13)6-4-10;/h5-18,20-32H,1-4H3;2-3,5-8H,1H3;/q2*-1;/i;1D3;. The molecule has 0 saturated heterocycles. The van der Waals surface area contributed by atoms with Crippen LogP contribution in [0.1, 0.15) is 60.3 Å². The summed E-state index contributed by atoms with van der Waals surface area (Å²) in [6.07, 6.45) is 1.31. The Labute approximate surface area is 409 Å². The zero-order valence-electron chi connectivity index (χ0n) is 40.5. The third-order valence-electron chi connectivity index (χ3n) is 12.1. The number of aryl methyl sites for hydroxylation is 1. The Morgan fingerprint density at radius 2 is 1.24 bits per heavy atom. The molecule has 4 nitrogen and oxygen atoms in total. The Kier molecular flexibility index (Phi) is 11.9. The third-order valence-corrected chi connectivity index (χ3v) is 12.1. The minimum Gasteiger partial charge on any atom is -0.501 e. The van der Waals surface area contributed by atoms with Crippen LogP contribution in [0.5, 0.6) is 0 Å². The maximum absolute atomic E-state index is 12.7. The number of imidazole rings is 1. The van der Waals surface area contributed by atoms with Crippen molar-refractivity contribution in [2.45, 2.75) is 46.4 Å². The Morgan fingerprint density at radius 1 is 0.612 bits per heavy atom. The monoisotopic (exact) mass is 1050 g/mol. The van der Waals surface area contributed by atoms with Gasteiger partial charge in [0.25, 0.3) is 0 Å². The molecule has 11 rings (SSSR count). The predicted molar refractivity (Wildman–Crippen MR) is 270 cm³/mol. The molecule has 1 radical (unpaired) electrons. The first-order valence-electron chi connectivity index (χ1n) is 23.8. The molecule has 67 heavy (non-hydrogen) atoms. The first kappa shape index (κ1) is 41.2. The van der Waals surface area contributed by atoms with Crippen molar-refractivity contribution in [2.24, 2.45) is 0 Å². The number of halogens is 1. The Hall–Kier alpha value is -7.24. The Bertz CT molecular complexity index is 3560. The second-order valence-corrected chi connectivity index (χ2v) is 17.1. The molecule has 3 aromatic heterocycles. The number of rotatable bonds is 8. The molecule has 0 spiro atoms. The summed E-state index contributed by atoms with van der Waals surface area (Å²) < 4.78 is 43.5. The normalized spacial score (nSPS) is 12.1. The van der Waals surface area contributed by atoms with Crippen LogP contribution in [-0.2, 0) is 20.1 Å². The van der Waals surface area contributed by atoms with Gasteiger partial charge >= 0.3 is 0 Å². The molecule has 11 aromatic rings. The van der Waals surface area contributed by atoms with Crippen LogP contribution in [0.25, 0.3) is 94.7 Å². The maximum Gasteiger partial charge on any atom is 0.121 e. The second-order valence-electron chi connectivity index (χ2n) is 17.1. The zero-order chi connectivity index (χ0) is 47.8. The topological polar surface area (TPSA) is 43.9 Å². The van der Waals surface area contributed by atoms with E-state index in [4.69, 9.17) is 13.5 Å². The van der Waals surface area contributed by atoms with Crippen LogP contribution in [0, 0.1) is 24.8 Å². The van der Waals surface area contributed by atoms with E-state index < -0.39 is 6.85 Å². The Balaban J connectivity index is 0.000000286. The van der Waals surface area contributed by atoms with E-state index in [0.29, 0.717) is 11.3 Å². The molecule has 331 valence electrons. The van der Waals surface area contributed by atoms with E-state index in [1.165, 1.54) is 63.5 Å². The average molecular weight is 1050 g/mol. The molecule has 3 heterocycles. The fourth-order valence-electron chi connectivity index (χ4n) is 8.73. The number of hydrogen-bond donors (Lipinski definition) is 0. The van der Waals surface area contributed by atoms with Crippen molar-refractivity contribution >= 4 is 33.0 Å². The van der Waals surface area contributed by atoms with Gasteiger partial charge in [0.15, 0.2) is 0 Å². The minimum absolute atomic E-state index is 0. The molecule has 0 unspecified atom stereocenters. The summed E-state index contributed by atoms with van der Waals surface area (Å²) in [6.45, 7) is 7.01. The van der Waals surface area contributed by atoms with Crippen LogP contribution in [0.2, 0.25) is 0 Å². The SMILES string of the molecule is CC(C)c1cc(-c2ccc(-c3ccccc3)cc2)cc(C(C)C)c1-n1c(-c2[c-]ccc3c2oc2cc(-c4ccccc4)ccc23)nc2ccccc21.[2H]C([2H])([2H])c1ccc(-c2[c-]cc(F)cc2)nc1.[Ir]. The summed E-state index contributed by atoms with van der Waals surface area (Å²) in [7, 11) is 0. The summed E-state index contributed by atoms with van der Waals surface area (Å²) in [5, 5.41) is 2.14. The van der Waals surface area contributed by atoms with Crippen molar-refractivity contribution in [1.29, 1.82) is 0 Å². The Morgan fingerprint density at radius 3 is 1.87 bits per heavy atom. The molecular weight excluding hydrogens is 1000 g/mol. The smallest absolute Gasteiger partial charge is 0.121 e. The molecule has 0 saturated carbocycles. The molecule has 0 N–H and O–H groups in total. The average Bonchev–Trinajstić information content (AvgIpc) is 3.95. The first-order chi connectivity index (χ1) is 33.4. The van der Waals surface area contributed by atoms with Crippen LogP contribution in [0.15, 0.2) is 193 Å². The van der Waals surface area contributed by atoms with Gasteiger partial charge in [0, 0.05) is 47.3 Å². The minimum atomic E-state index is -2.15. The van der Waals surface area contributed by atoms with Gasteiger partial charge in [-0.15, -0.1) is 48.0 Å². The first-order valence-corrected chi connectivity index (χ1v) is 22.3. The van der Waals surface area contributed by atoms with Gasteiger partial charge in [-0.05, 0) is 105 Å². The number of para-hydroxylation sites is 2. The number of hydrogen-bond acceptors (Lipinski definition) is 3. The number of fused-ring (bicyclic) bond motifs is 4. The molecule has 0 amide bonds. The summed E-state index contributed by atoms with van der Waals surface area (Å²) in [5.74, 6) is 0.977. The van der Waals surface area contributed by atoms with Crippen LogP contribution >= 0.6 is 0 Å². The summed E-state index contributed by atoms with van der Waals surface area (Å²) in [4.78, 5) is 9.37. The molecule has 0 aliphatic carbocycles. The predicted octanol–water partition coefficient (Wildman–Crippen LogP) is 16.6. The molecule has 0 fully saturated rings. The third kappa shape index (κ3) is 9.03. The quantitative estimate of drug-likeness (QED) is 0.142. The van der Waals surface area contributed by atoms with Crippen molar-refractivity contribution in [3.8, 4) is 61.7 Å². The van der Waals surface area contributed by atoms with Crippen LogP contribution < -0.4 is 0 Å². The maximum atomic E-state index is 12.7. The fourth-order valence-corrected chi connectivity index (χ4v) is 8.73. The van der Waals surface area contributed by atoms with Crippen molar-refractivity contribution in [3.05, 3.63) is 223 Å². The number of nitrogens with zero attached hydrogens (tertiary/aromatic N) is 3. The molecule has 0 bridgehead atoms. The van der Waals surface area contributed by atoms with Gasteiger partial charge in [0.2, 0.25) is 0 Å². The van der Waals surface area contributed by atoms with E-state index in [1.807, 2.05) is 12.1 Å². The van der Waals surface area contributed by atoms with Gasteiger partial charge < -0.3 is 14.0 Å². The van der Waals surface area contributed by atoms with Gasteiger partial charge in [-0.1, -0.05) is 160 Å². The molecule has 0 aliphatic heterocycles. The van der Waals surface area contributed by atoms with Crippen molar-refractivity contribution in [3.63, 3.8) is 0 Å². The van der Waals surface area contributed by atoms with Crippen LogP contribution in [-0.4, -0.2) is 14.5 Å². The van der Waals surface area contributed by atoms with Gasteiger partial charge in [-0.3, -0.25) is 9.37 Å². The van der Waals surface area contributed by atoms with Gasteiger partial charge in [0.1, 0.15) is 5.58 Å². The largest absolute Gasteiger partial charge is 0.501 e. The summed E-state index contributed by atoms with van der Waals surface area (Å²) >= 11 is 0. The van der Waals surface area contributed by atoms with E-state index >= 15 is 0 Å². The zero-order valence-corrected chi connectivity index (χ0v) is 39.9. The summed E-state index contributed by atoms with van der Waals surface area (Å²) in [5.41, 5.74) is 16.8. The number of furan rings is 1. The van der Waals surface area contributed by atoms with E-state index in [0.717, 1.165) is 55.5 Å². The second kappa shape index (κ2) is 19.3. The molecular formula is C61H48FIrN3O-2. The van der Waals surface area contributed by atoms with Crippen LogP contribution in [0.3, 0.4) is 0 Å². The molecule has 0 aliphatic rings. The van der Waals surface area contributed by atoms with Gasteiger partial charge in [0.05, 0.1) is 22.4 Å². The van der Waals surface area contributed by atoms with Crippen molar-refractivity contribution < 1.29 is 33.0 Å². The van der Waals surface area contributed by atoms with E-state index in [1.54, 1.807) is 12.1 Å². The van der Waals surface area contributed by atoms with Gasteiger partial charge in [-0.25, -0.2) is 0 Å².